The fourth-order valence-corrected chi connectivity index (χ4v) is 3.27. The maximum atomic E-state index is 10.9. The quantitative estimate of drug-likeness (QED) is 0.0972. The Labute approximate surface area is 196 Å². The summed E-state index contributed by atoms with van der Waals surface area (Å²) in [6.07, 6.45) is 10.6. The van der Waals surface area contributed by atoms with Gasteiger partial charge in [-0.25, -0.2) is 0 Å². The van der Waals surface area contributed by atoms with Gasteiger partial charge in [0.25, 0.3) is 0 Å². The third-order valence-corrected chi connectivity index (χ3v) is 5.29. The summed E-state index contributed by atoms with van der Waals surface area (Å²) in [5.74, 6) is 0.271. The van der Waals surface area contributed by atoms with E-state index >= 15 is 0 Å². The van der Waals surface area contributed by atoms with Crippen LogP contribution in [0.25, 0.3) is 0 Å². The van der Waals surface area contributed by atoms with Crippen LogP contribution in [0.15, 0.2) is 29.3 Å². The fraction of sp³-hybridized carbons (Fsp3) is 0.462. The van der Waals surface area contributed by atoms with E-state index in [-0.39, 0.29) is 11.1 Å². The Morgan fingerprint density at radius 1 is 0.848 bits per heavy atom. The van der Waals surface area contributed by atoms with Gasteiger partial charge in [0.15, 0.2) is 29.3 Å². The molecule has 7 nitrogen and oxygen atoms in total. The van der Waals surface area contributed by atoms with Crippen molar-refractivity contribution in [1.29, 1.82) is 0 Å². The number of nitrogens with two attached hydrogens (primary N) is 1. The Morgan fingerprint density at radius 3 is 1.97 bits per heavy atom. The van der Waals surface area contributed by atoms with Crippen LogP contribution in [0.3, 0.4) is 0 Å². The number of anilines is 1. The number of benzene rings is 2. The SMILES string of the molecule is CCCCCCOc1cc(N)c(N=Cc2ccc(C=O)c(O)c2O)cc1OCCCCCC. The molecule has 0 aliphatic carbocycles. The van der Waals surface area contributed by atoms with Gasteiger partial charge in [-0.2, -0.15) is 0 Å². The molecule has 180 valence electrons. The Morgan fingerprint density at radius 2 is 1.39 bits per heavy atom. The molecule has 0 amide bonds. The molecule has 0 atom stereocenters. The van der Waals surface area contributed by atoms with Crippen LogP contribution < -0.4 is 15.2 Å². The van der Waals surface area contributed by atoms with Gasteiger partial charge in [-0.15, -0.1) is 0 Å². The third-order valence-electron chi connectivity index (χ3n) is 5.29. The number of phenolic OH excluding ortho intramolecular Hbond substituents is 2. The summed E-state index contributed by atoms with van der Waals surface area (Å²) in [5, 5.41) is 20.0. The van der Waals surface area contributed by atoms with Crippen molar-refractivity contribution in [2.45, 2.75) is 65.2 Å². The number of aliphatic imine (C=N–C) groups is 1. The lowest BCUT2D eigenvalue weighted by Crippen LogP contribution is -2.03. The second-order valence-corrected chi connectivity index (χ2v) is 7.99. The van der Waals surface area contributed by atoms with Crippen LogP contribution in [-0.4, -0.2) is 35.9 Å². The molecule has 0 spiro atoms. The van der Waals surface area contributed by atoms with Crippen molar-refractivity contribution in [2.24, 2.45) is 4.99 Å². The van der Waals surface area contributed by atoms with Gasteiger partial charge in [0.05, 0.1) is 30.2 Å². The van der Waals surface area contributed by atoms with Crippen molar-refractivity contribution < 1.29 is 24.5 Å². The van der Waals surface area contributed by atoms with Crippen molar-refractivity contribution in [3.05, 3.63) is 35.4 Å². The predicted molar refractivity (Wildman–Crippen MR) is 133 cm³/mol. The number of phenols is 2. The summed E-state index contributed by atoms with van der Waals surface area (Å²) >= 11 is 0. The van der Waals surface area contributed by atoms with E-state index in [2.05, 4.69) is 18.8 Å². The molecule has 0 fully saturated rings. The van der Waals surface area contributed by atoms with Gasteiger partial charge in [-0.3, -0.25) is 9.79 Å². The summed E-state index contributed by atoms with van der Waals surface area (Å²) in [7, 11) is 0. The average Bonchev–Trinajstić information content (AvgIpc) is 2.81. The highest BCUT2D eigenvalue weighted by atomic mass is 16.5. The van der Waals surface area contributed by atoms with Crippen molar-refractivity contribution in [3.63, 3.8) is 0 Å². The zero-order valence-electron chi connectivity index (χ0n) is 19.7. The number of carbonyl (C=O) groups excluding carboxylic acids is 1. The largest absolute Gasteiger partial charge is 0.504 e. The van der Waals surface area contributed by atoms with E-state index < -0.39 is 11.5 Å². The summed E-state index contributed by atoms with van der Waals surface area (Å²) < 4.78 is 12.0. The molecule has 0 unspecified atom stereocenters. The second-order valence-electron chi connectivity index (χ2n) is 7.99. The van der Waals surface area contributed by atoms with Crippen LogP contribution in [0.2, 0.25) is 0 Å². The zero-order chi connectivity index (χ0) is 24.1. The van der Waals surface area contributed by atoms with Crippen LogP contribution in [0.1, 0.15) is 81.1 Å². The molecule has 2 rings (SSSR count). The summed E-state index contributed by atoms with van der Waals surface area (Å²) in [6.45, 7) is 5.49. The summed E-state index contributed by atoms with van der Waals surface area (Å²) in [5.41, 5.74) is 7.33. The Kier molecular flexibility index (Phi) is 11.1. The van der Waals surface area contributed by atoms with E-state index in [1.807, 2.05) is 0 Å². The molecule has 0 aliphatic rings. The molecular formula is C26H36N2O5. The first-order valence-electron chi connectivity index (χ1n) is 11.7. The molecule has 0 radical (unpaired) electrons. The fourth-order valence-electron chi connectivity index (χ4n) is 3.27. The number of nitrogen functional groups attached to an aromatic ring is 1. The zero-order valence-corrected chi connectivity index (χ0v) is 19.7. The number of carbonyl (C=O) groups is 1. The van der Waals surface area contributed by atoms with Gasteiger partial charge in [-0.05, 0) is 25.0 Å². The van der Waals surface area contributed by atoms with E-state index in [1.165, 1.54) is 31.2 Å². The normalized spacial score (nSPS) is 11.1. The molecular weight excluding hydrogens is 420 g/mol. The topological polar surface area (TPSA) is 114 Å². The van der Waals surface area contributed by atoms with Gasteiger partial charge >= 0.3 is 0 Å². The van der Waals surface area contributed by atoms with Crippen LogP contribution in [0.4, 0.5) is 11.4 Å². The van der Waals surface area contributed by atoms with E-state index in [1.54, 1.807) is 12.1 Å². The Bertz CT molecular complexity index is 927. The van der Waals surface area contributed by atoms with Gasteiger partial charge in [-0.1, -0.05) is 52.4 Å². The minimum Gasteiger partial charge on any atom is -0.504 e. The highest BCUT2D eigenvalue weighted by Gasteiger charge is 2.13. The molecule has 7 heteroatoms. The highest BCUT2D eigenvalue weighted by molar-refractivity contribution is 5.91. The van der Waals surface area contributed by atoms with Gasteiger partial charge in [0, 0.05) is 23.9 Å². The van der Waals surface area contributed by atoms with Crippen molar-refractivity contribution in [2.75, 3.05) is 18.9 Å². The molecule has 0 bridgehead atoms. The first-order chi connectivity index (χ1) is 16.0. The Balaban J connectivity index is 2.21. The van der Waals surface area contributed by atoms with Crippen molar-refractivity contribution in [3.8, 4) is 23.0 Å². The molecule has 4 N–H and O–H groups in total. The van der Waals surface area contributed by atoms with E-state index in [9.17, 15) is 15.0 Å². The van der Waals surface area contributed by atoms with Crippen LogP contribution in [0.5, 0.6) is 23.0 Å². The van der Waals surface area contributed by atoms with Crippen LogP contribution in [0, 0.1) is 0 Å². The molecule has 33 heavy (non-hydrogen) atoms. The number of hydrogen-bond donors (Lipinski definition) is 3. The van der Waals surface area contributed by atoms with E-state index in [0.29, 0.717) is 42.4 Å². The number of aldehydes is 1. The van der Waals surface area contributed by atoms with Crippen molar-refractivity contribution >= 4 is 23.9 Å². The minimum absolute atomic E-state index is 0.00311. The highest BCUT2D eigenvalue weighted by Crippen LogP contribution is 2.38. The first kappa shape index (κ1) is 26.0. The van der Waals surface area contributed by atoms with E-state index in [4.69, 9.17) is 15.2 Å². The number of hydrogen-bond acceptors (Lipinski definition) is 7. The molecule has 0 heterocycles. The van der Waals surface area contributed by atoms with Gasteiger partial charge < -0.3 is 25.4 Å². The first-order valence-corrected chi connectivity index (χ1v) is 11.7. The molecule has 0 aromatic heterocycles. The predicted octanol–water partition coefficient (Wildman–Crippen LogP) is 6.16. The number of aromatic hydroxyl groups is 2. The molecule has 2 aromatic carbocycles. The maximum Gasteiger partial charge on any atom is 0.168 e. The summed E-state index contributed by atoms with van der Waals surface area (Å²) in [6, 6.07) is 6.34. The van der Waals surface area contributed by atoms with Crippen LogP contribution in [-0.2, 0) is 0 Å². The number of unbranched alkanes of at least 4 members (excludes halogenated alkanes) is 6. The lowest BCUT2D eigenvalue weighted by Gasteiger charge is -2.15. The second kappa shape index (κ2) is 14.0. The molecule has 0 aliphatic heterocycles. The number of ether oxygens (including phenoxy) is 2. The summed E-state index contributed by atoms with van der Waals surface area (Å²) in [4.78, 5) is 15.3. The smallest absolute Gasteiger partial charge is 0.168 e. The molecule has 2 aromatic rings. The minimum atomic E-state index is -0.482. The molecule has 0 saturated carbocycles. The number of nitrogens with zero attached hydrogens (tertiary/aromatic N) is 1. The van der Waals surface area contributed by atoms with Gasteiger partial charge in [0.2, 0.25) is 0 Å². The third kappa shape index (κ3) is 8.00. The maximum absolute atomic E-state index is 10.9. The molecule has 0 saturated heterocycles. The van der Waals surface area contributed by atoms with Crippen LogP contribution >= 0.6 is 0 Å². The van der Waals surface area contributed by atoms with Gasteiger partial charge in [0.1, 0.15) is 0 Å². The van der Waals surface area contributed by atoms with Crippen molar-refractivity contribution in [1.82, 2.24) is 0 Å². The lowest BCUT2D eigenvalue weighted by atomic mass is 10.1. The number of rotatable bonds is 15. The van der Waals surface area contributed by atoms with E-state index in [0.717, 1.165) is 38.5 Å². The Hall–Kier alpha value is -3.22. The lowest BCUT2D eigenvalue weighted by molar-refractivity contribution is 0.112. The average molecular weight is 457 g/mol. The standard InChI is InChI=1S/C26H36N2O5/c1-3-5-7-9-13-32-23-15-21(27)22(16-24(23)33-14-10-8-6-4-2)28-17-19-11-12-20(18-29)26(31)25(19)30/h11-12,15-18,30-31H,3-10,13-14,27H2,1-2H3. The monoisotopic (exact) mass is 456 g/mol.